The normalized spacial score (nSPS) is 9.75. The van der Waals surface area contributed by atoms with Crippen LogP contribution in [0.4, 0.5) is 0 Å². The summed E-state index contributed by atoms with van der Waals surface area (Å²) < 4.78 is 6.19. The van der Waals surface area contributed by atoms with Gasteiger partial charge in [-0.25, -0.2) is 0 Å². The minimum atomic E-state index is 0.981. The van der Waals surface area contributed by atoms with Crippen LogP contribution >= 0.6 is 0 Å². The molecule has 1 nitrogen and oxygen atoms in total. The molecule has 0 saturated carbocycles. The van der Waals surface area contributed by atoms with Crippen molar-refractivity contribution in [2.45, 2.75) is 26.2 Å². The summed E-state index contributed by atoms with van der Waals surface area (Å²) in [6.45, 7) is 3.19. The average molecular weight is 221 g/mol. The molecule has 0 aliphatic rings. The monoisotopic (exact) mass is 222 g/mol. The van der Waals surface area contributed by atoms with Crippen molar-refractivity contribution in [3.8, 4) is 0 Å². The molecule has 2 heteroatoms. The maximum absolute atomic E-state index is 5.19. The second kappa shape index (κ2) is 7.76. The maximum atomic E-state index is 5.19. The van der Waals surface area contributed by atoms with E-state index in [4.69, 9.17) is 4.74 Å². The molecule has 0 aliphatic heterocycles. The van der Waals surface area contributed by atoms with E-state index in [-0.39, 0.29) is 0 Å². The van der Waals surface area contributed by atoms with Gasteiger partial charge in [0, 0.05) is 0 Å². The van der Waals surface area contributed by atoms with Gasteiger partial charge in [0.2, 0.25) is 0 Å². The van der Waals surface area contributed by atoms with Crippen molar-refractivity contribution in [2.24, 2.45) is 0 Å². The van der Waals surface area contributed by atoms with E-state index in [1.165, 1.54) is 41.8 Å². The van der Waals surface area contributed by atoms with E-state index in [1.807, 2.05) is 0 Å². The summed E-state index contributed by atoms with van der Waals surface area (Å²) in [6, 6.07) is 0. The molecule has 0 atom stereocenters. The van der Waals surface area contributed by atoms with Gasteiger partial charge in [-0.15, -0.1) is 0 Å². The van der Waals surface area contributed by atoms with Gasteiger partial charge in [-0.1, -0.05) is 0 Å². The summed E-state index contributed by atoms with van der Waals surface area (Å²) in [5.41, 5.74) is 0. The van der Waals surface area contributed by atoms with Crippen molar-refractivity contribution in [1.29, 1.82) is 0 Å². The van der Waals surface area contributed by atoms with Gasteiger partial charge in [0.25, 0.3) is 0 Å². The first-order chi connectivity index (χ1) is 3.91. The van der Waals surface area contributed by atoms with Gasteiger partial charge >= 0.3 is 64.7 Å². The summed E-state index contributed by atoms with van der Waals surface area (Å²) in [7, 11) is 0. The quantitative estimate of drug-likeness (QED) is 0.498. The van der Waals surface area contributed by atoms with E-state index in [0.29, 0.717) is 0 Å². The Morgan fingerprint density at radius 2 is 2.12 bits per heavy atom. The van der Waals surface area contributed by atoms with E-state index in [0.717, 1.165) is 11.2 Å². The van der Waals surface area contributed by atoms with Crippen molar-refractivity contribution in [3.63, 3.8) is 0 Å². The summed E-state index contributed by atoms with van der Waals surface area (Å²) in [5, 5.41) is 0. The molecule has 0 aromatic carbocycles. The second-order valence-electron chi connectivity index (χ2n) is 1.78. The fourth-order valence-corrected chi connectivity index (χ4v) is 1.01. The van der Waals surface area contributed by atoms with Crippen molar-refractivity contribution >= 4 is 22.5 Å². The molecule has 0 unspecified atom stereocenters. The van der Waals surface area contributed by atoms with E-state index >= 15 is 0 Å². The molecule has 48 valence electrons. The fourth-order valence-electron chi connectivity index (χ4n) is 0.537. The van der Waals surface area contributed by atoms with Gasteiger partial charge in [0.1, 0.15) is 0 Å². The number of hydrogen-bond acceptors (Lipinski definition) is 1. The SMILES string of the molecule is CCCCCO[CH2][SnH]. The van der Waals surface area contributed by atoms with Gasteiger partial charge in [0.05, 0.1) is 0 Å². The molecule has 0 heterocycles. The standard InChI is InChI=1S/C6H13O.Sn.H/c1-3-4-5-6-7-2;;/h2-6H2,1H3;;. The molecular weight excluding hydrogens is 207 g/mol. The zero-order valence-electron chi connectivity index (χ0n) is 5.52. The Balaban J connectivity index is 2.53. The van der Waals surface area contributed by atoms with Crippen molar-refractivity contribution in [1.82, 2.24) is 0 Å². The van der Waals surface area contributed by atoms with Gasteiger partial charge in [0.15, 0.2) is 0 Å². The number of hydrogen-bond donors (Lipinski definition) is 0. The molecule has 0 rings (SSSR count). The zero-order valence-corrected chi connectivity index (χ0v) is 8.82. The Morgan fingerprint density at radius 1 is 1.38 bits per heavy atom. The Morgan fingerprint density at radius 3 is 2.62 bits per heavy atom. The van der Waals surface area contributed by atoms with Crippen LogP contribution < -0.4 is 0 Å². The minimum absolute atomic E-state index is 0.981. The molecule has 8 heavy (non-hydrogen) atoms. The third-order valence-corrected chi connectivity index (χ3v) is 1.68. The molecule has 0 saturated heterocycles. The van der Waals surface area contributed by atoms with Gasteiger partial charge in [-0.2, -0.15) is 0 Å². The molecule has 2 radical (unpaired) electrons. The topological polar surface area (TPSA) is 9.23 Å². The van der Waals surface area contributed by atoms with Crippen LogP contribution in [0.5, 0.6) is 0 Å². The average Bonchev–Trinajstić information content (AvgIpc) is 1.81. The van der Waals surface area contributed by atoms with Gasteiger partial charge < -0.3 is 0 Å². The van der Waals surface area contributed by atoms with Crippen LogP contribution in [-0.4, -0.2) is 33.8 Å². The molecule has 0 N–H and O–H groups in total. The van der Waals surface area contributed by atoms with Crippen LogP contribution in [0.25, 0.3) is 0 Å². The first-order valence-corrected chi connectivity index (χ1v) is 5.52. The van der Waals surface area contributed by atoms with Crippen LogP contribution in [0.2, 0.25) is 0 Å². The molecule has 0 amide bonds. The Hall–Kier alpha value is 0.759. The third kappa shape index (κ3) is 6.76. The van der Waals surface area contributed by atoms with Crippen molar-refractivity contribution in [2.75, 3.05) is 11.2 Å². The Labute approximate surface area is 64.9 Å². The number of rotatable bonds is 5. The summed E-state index contributed by atoms with van der Waals surface area (Å²) in [4.78, 5) is 0. The van der Waals surface area contributed by atoms with E-state index < -0.39 is 0 Å². The molecular formula is C6H14OSn. The predicted molar refractivity (Wildman–Crippen MR) is 37.5 cm³/mol. The number of ether oxygens (including phenoxy) is 1. The number of unbranched alkanes of at least 4 members (excludes halogenated alkanes) is 2. The molecule has 0 aromatic rings. The second-order valence-corrected chi connectivity index (χ2v) is 2.73. The van der Waals surface area contributed by atoms with Gasteiger partial charge in [-0.05, 0) is 0 Å². The van der Waals surface area contributed by atoms with E-state index in [1.54, 1.807) is 0 Å². The van der Waals surface area contributed by atoms with Crippen LogP contribution in [0.1, 0.15) is 26.2 Å². The van der Waals surface area contributed by atoms with E-state index in [9.17, 15) is 0 Å². The summed E-state index contributed by atoms with van der Waals surface area (Å²) in [6.07, 6.45) is 3.86. The first kappa shape index (κ1) is 8.76. The molecule has 0 fully saturated rings. The zero-order chi connectivity index (χ0) is 6.24. The molecule has 0 aromatic heterocycles. The van der Waals surface area contributed by atoms with Crippen molar-refractivity contribution < 1.29 is 4.74 Å². The molecule has 0 bridgehead atoms. The van der Waals surface area contributed by atoms with Crippen LogP contribution in [0.15, 0.2) is 0 Å². The Kier molecular flexibility index (Phi) is 8.49. The first-order valence-electron chi connectivity index (χ1n) is 3.19. The van der Waals surface area contributed by atoms with Gasteiger partial charge in [-0.3, -0.25) is 0 Å². The summed E-state index contributed by atoms with van der Waals surface area (Å²) in [5.74, 6) is 0. The van der Waals surface area contributed by atoms with Crippen LogP contribution in [0.3, 0.4) is 0 Å². The van der Waals surface area contributed by atoms with E-state index in [2.05, 4.69) is 6.92 Å². The third-order valence-electron chi connectivity index (χ3n) is 1.01. The van der Waals surface area contributed by atoms with Crippen LogP contribution in [0, 0.1) is 0 Å². The Bertz CT molecular complexity index is 33.5. The summed E-state index contributed by atoms with van der Waals surface area (Å²) >= 11 is 1.24. The molecule has 0 spiro atoms. The van der Waals surface area contributed by atoms with Crippen LogP contribution in [-0.2, 0) is 4.74 Å². The fraction of sp³-hybridized carbons (Fsp3) is 1.00. The molecule has 0 aliphatic carbocycles. The predicted octanol–water partition coefficient (Wildman–Crippen LogP) is 1.05. The van der Waals surface area contributed by atoms with Crippen molar-refractivity contribution in [3.05, 3.63) is 0 Å².